The van der Waals surface area contributed by atoms with Crippen LogP contribution >= 0.6 is 0 Å². The molecular weight excluding hydrogens is 428 g/mol. The summed E-state index contributed by atoms with van der Waals surface area (Å²) in [5, 5.41) is 13.8. The van der Waals surface area contributed by atoms with Crippen molar-refractivity contribution < 1.29 is 14.6 Å². The number of nitrogens with one attached hydrogen (secondary N) is 1. The molecule has 5 rings (SSSR count). The van der Waals surface area contributed by atoms with Gasteiger partial charge in [0.1, 0.15) is 11.4 Å². The smallest absolute Gasteiger partial charge is 0.273 e. The van der Waals surface area contributed by atoms with E-state index >= 15 is 0 Å². The van der Waals surface area contributed by atoms with Crippen molar-refractivity contribution in [2.24, 2.45) is 0 Å². The maximum atomic E-state index is 13.8. The van der Waals surface area contributed by atoms with E-state index in [4.69, 9.17) is 4.74 Å². The number of para-hydroxylation sites is 1. The van der Waals surface area contributed by atoms with Gasteiger partial charge in [-0.3, -0.25) is 9.78 Å². The summed E-state index contributed by atoms with van der Waals surface area (Å²) >= 11 is 0. The summed E-state index contributed by atoms with van der Waals surface area (Å²) in [5.41, 5.74) is 5.60. The van der Waals surface area contributed by atoms with Crippen molar-refractivity contribution >= 4 is 17.3 Å². The molecule has 1 amide bonds. The quantitative estimate of drug-likeness (QED) is 0.431. The molecule has 2 aromatic heterocycles. The second kappa shape index (κ2) is 9.41. The first-order valence-corrected chi connectivity index (χ1v) is 11.2. The monoisotopic (exact) mass is 454 g/mol. The Labute approximate surface area is 198 Å². The lowest BCUT2D eigenvalue weighted by Gasteiger charge is -2.30. The van der Waals surface area contributed by atoms with Crippen LogP contribution in [-0.4, -0.2) is 39.1 Å². The van der Waals surface area contributed by atoms with Crippen LogP contribution in [0.3, 0.4) is 0 Å². The van der Waals surface area contributed by atoms with Gasteiger partial charge in [-0.15, -0.1) is 0 Å². The molecular formula is C27H26N4O3. The Hall–Kier alpha value is -4.10. The van der Waals surface area contributed by atoms with Crippen molar-refractivity contribution in [1.82, 2.24) is 14.5 Å². The first kappa shape index (κ1) is 21.7. The number of carbonyl (C=O) groups is 1. The number of amides is 1. The molecule has 7 heteroatoms. The van der Waals surface area contributed by atoms with Gasteiger partial charge < -0.3 is 24.6 Å². The molecule has 0 saturated heterocycles. The van der Waals surface area contributed by atoms with Crippen LogP contribution in [0.2, 0.25) is 0 Å². The highest BCUT2D eigenvalue weighted by Crippen LogP contribution is 2.41. The summed E-state index contributed by atoms with van der Waals surface area (Å²) in [6.07, 6.45) is 3.44. The molecule has 0 fully saturated rings. The summed E-state index contributed by atoms with van der Waals surface area (Å²) in [5.74, 6) is 0.710. The number of ether oxygens (including phenoxy) is 1. The van der Waals surface area contributed by atoms with E-state index in [1.165, 1.54) is 0 Å². The number of fused-ring (bicyclic) bond motifs is 1. The number of aliphatic hydroxyl groups excluding tert-OH is 1. The molecule has 0 bridgehead atoms. The SMILES string of the molecule is COc1ccc(CN2CCn3c(CO)c(-c4ccncc4)c(Nc4ccccc4)c3C2=O)cc1. The Kier molecular flexibility index (Phi) is 6.01. The van der Waals surface area contributed by atoms with Crippen molar-refractivity contribution in [1.29, 1.82) is 0 Å². The number of hydrogen-bond donors (Lipinski definition) is 2. The highest BCUT2D eigenvalue weighted by molar-refractivity contribution is 6.05. The number of carbonyl (C=O) groups excluding carboxylic acids is 1. The molecule has 1 aliphatic heterocycles. The van der Waals surface area contributed by atoms with Gasteiger partial charge in [-0.05, 0) is 47.5 Å². The average molecular weight is 455 g/mol. The summed E-state index contributed by atoms with van der Waals surface area (Å²) in [6.45, 7) is 1.48. The van der Waals surface area contributed by atoms with Crippen LogP contribution in [-0.2, 0) is 19.7 Å². The maximum absolute atomic E-state index is 13.8. The van der Waals surface area contributed by atoms with E-state index in [2.05, 4.69) is 10.3 Å². The third kappa shape index (κ3) is 4.02. The lowest BCUT2D eigenvalue weighted by atomic mass is 10.0. The zero-order valence-corrected chi connectivity index (χ0v) is 18.9. The zero-order chi connectivity index (χ0) is 23.5. The van der Waals surface area contributed by atoms with Gasteiger partial charge in [-0.1, -0.05) is 30.3 Å². The first-order chi connectivity index (χ1) is 16.7. The summed E-state index contributed by atoms with van der Waals surface area (Å²) in [7, 11) is 1.64. The summed E-state index contributed by atoms with van der Waals surface area (Å²) in [4.78, 5) is 19.8. The van der Waals surface area contributed by atoms with Crippen molar-refractivity contribution in [3.8, 4) is 16.9 Å². The lowest BCUT2D eigenvalue weighted by molar-refractivity contribution is 0.0688. The summed E-state index contributed by atoms with van der Waals surface area (Å²) < 4.78 is 7.20. The highest BCUT2D eigenvalue weighted by Gasteiger charge is 2.33. The molecule has 0 radical (unpaired) electrons. The topological polar surface area (TPSA) is 79.6 Å². The van der Waals surface area contributed by atoms with Gasteiger partial charge in [0, 0.05) is 43.3 Å². The molecule has 0 atom stereocenters. The molecule has 2 aromatic carbocycles. The molecule has 172 valence electrons. The lowest BCUT2D eigenvalue weighted by Crippen LogP contribution is -2.40. The van der Waals surface area contributed by atoms with Crippen molar-refractivity contribution in [3.05, 3.63) is 96.1 Å². The Morgan fingerprint density at radius 3 is 2.41 bits per heavy atom. The minimum Gasteiger partial charge on any atom is -0.497 e. The van der Waals surface area contributed by atoms with Crippen LogP contribution in [0.25, 0.3) is 11.1 Å². The van der Waals surface area contributed by atoms with Crippen LogP contribution < -0.4 is 10.1 Å². The van der Waals surface area contributed by atoms with Gasteiger partial charge >= 0.3 is 0 Å². The van der Waals surface area contributed by atoms with Crippen LogP contribution in [0.4, 0.5) is 11.4 Å². The molecule has 2 N–H and O–H groups in total. The fourth-order valence-electron chi connectivity index (χ4n) is 4.49. The standard InChI is InChI=1S/C27H26N4O3/c1-34-22-9-7-19(8-10-22)17-30-15-16-31-23(18-32)24(20-11-13-28-14-12-20)25(26(31)27(30)33)29-21-5-3-2-4-6-21/h2-14,29,32H,15-18H2,1H3. The van der Waals surface area contributed by atoms with Crippen LogP contribution in [0.15, 0.2) is 79.1 Å². The molecule has 7 nitrogen and oxygen atoms in total. The van der Waals surface area contributed by atoms with Crippen LogP contribution in [0.5, 0.6) is 5.75 Å². The van der Waals surface area contributed by atoms with Gasteiger partial charge in [0.2, 0.25) is 0 Å². The normalized spacial score (nSPS) is 13.0. The van der Waals surface area contributed by atoms with E-state index in [0.29, 0.717) is 31.0 Å². The minimum absolute atomic E-state index is 0.0736. The van der Waals surface area contributed by atoms with Gasteiger partial charge in [0.15, 0.2) is 0 Å². The van der Waals surface area contributed by atoms with E-state index in [0.717, 1.165) is 33.8 Å². The predicted molar refractivity (Wildman–Crippen MR) is 131 cm³/mol. The number of hydrogen-bond acceptors (Lipinski definition) is 5. The molecule has 3 heterocycles. The van der Waals surface area contributed by atoms with Gasteiger partial charge in [0.05, 0.1) is 25.1 Å². The molecule has 4 aromatic rings. The van der Waals surface area contributed by atoms with Crippen molar-refractivity contribution in [2.75, 3.05) is 19.0 Å². The first-order valence-electron chi connectivity index (χ1n) is 11.2. The molecule has 0 spiro atoms. The van der Waals surface area contributed by atoms with E-state index < -0.39 is 0 Å². The Morgan fingerprint density at radius 2 is 1.74 bits per heavy atom. The Balaban J connectivity index is 1.59. The number of methoxy groups -OCH3 is 1. The predicted octanol–water partition coefficient (Wildman–Crippen LogP) is 4.45. The van der Waals surface area contributed by atoms with Crippen LogP contribution in [0.1, 0.15) is 21.7 Å². The number of benzene rings is 2. The number of rotatable bonds is 7. The van der Waals surface area contributed by atoms with Crippen LogP contribution in [0, 0.1) is 0 Å². The maximum Gasteiger partial charge on any atom is 0.273 e. The van der Waals surface area contributed by atoms with E-state index in [1.54, 1.807) is 19.5 Å². The van der Waals surface area contributed by atoms with E-state index in [-0.39, 0.29) is 12.5 Å². The van der Waals surface area contributed by atoms with E-state index in [1.807, 2.05) is 76.2 Å². The molecule has 0 unspecified atom stereocenters. The summed E-state index contributed by atoms with van der Waals surface area (Å²) in [6, 6.07) is 21.3. The average Bonchev–Trinajstić information content (AvgIpc) is 3.21. The fourth-order valence-corrected chi connectivity index (χ4v) is 4.49. The minimum atomic E-state index is -0.174. The second-order valence-corrected chi connectivity index (χ2v) is 8.16. The number of anilines is 2. The third-order valence-corrected chi connectivity index (χ3v) is 6.15. The largest absolute Gasteiger partial charge is 0.497 e. The molecule has 0 saturated carbocycles. The second-order valence-electron chi connectivity index (χ2n) is 8.16. The van der Waals surface area contributed by atoms with Crippen molar-refractivity contribution in [2.45, 2.75) is 19.7 Å². The third-order valence-electron chi connectivity index (χ3n) is 6.15. The fraction of sp³-hybridized carbons (Fsp3) is 0.185. The number of nitrogens with zero attached hydrogens (tertiary/aromatic N) is 3. The molecule has 34 heavy (non-hydrogen) atoms. The highest BCUT2D eigenvalue weighted by atomic mass is 16.5. The van der Waals surface area contributed by atoms with Gasteiger partial charge in [-0.2, -0.15) is 0 Å². The van der Waals surface area contributed by atoms with E-state index in [9.17, 15) is 9.90 Å². The zero-order valence-electron chi connectivity index (χ0n) is 18.9. The number of aliphatic hydroxyl groups is 1. The Morgan fingerprint density at radius 1 is 1.00 bits per heavy atom. The van der Waals surface area contributed by atoms with Gasteiger partial charge in [-0.25, -0.2) is 0 Å². The van der Waals surface area contributed by atoms with Crippen molar-refractivity contribution in [3.63, 3.8) is 0 Å². The Bertz CT molecular complexity index is 1290. The number of aromatic nitrogens is 2. The van der Waals surface area contributed by atoms with Gasteiger partial charge in [0.25, 0.3) is 5.91 Å². The molecule has 0 aliphatic carbocycles. The molecule has 1 aliphatic rings. The number of pyridine rings is 1.